The van der Waals surface area contributed by atoms with Crippen LogP contribution in [0, 0.1) is 5.92 Å². The highest BCUT2D eigenvalue weighted by atomic mass is 16.5. The highest BCUT2D eigenvalue weighted by Crippen LogP contribution is 2.24. The number of hydrogen-bond acceptors (Lipinski definition) is 2. The summed E-state index contributed by atoms with van der Waals surface area (Å²) in [6.45, 7) is 8.03. The maximum Gasteiger partial charge on any atom is 0.123 e. The van der Waals surface area contributed by atoms with Crippen LogP contribution in [-0.4, -0.2) is 6.61 Å². The van der Waals surface area contributed by atoms with Gasteiger partial charge in [0.25, 0.3) is 0 Å². The van der Waals surface area contributed by atoms with Crippen molar-refractivity contribution in [1.82, 2.24) is 5.32 Å². The fourth-order valence-corrected chi connectivity index (χ4v) is 2.56. The molecule has 2 rings (SSSR count). The van der Waals surface area contributed by atoms with Crippen LogP contribution in [0.4, 0.5) is 0 Å². The fraction of sp³-hybridized carbons (Fsp3) is 0.368. The molecule has 0 fully saturated rings. The summed E-state index contributed by atoms with van der Waals surface area (Å²) in [5, 5.41) is 3.67. The van der Waals surface area contributed by atoms with E-state index in [2.05, 4.69) is 61.6 Å². The third-order valence-electron chi connectivity index (χ3n) is 3.61. The SMILES string of the molecule is CCOc1ccccc1CNC(c1ccccc1)C(C)C. The van der Waals surface area contributed by atoms with E-state index in [0.29, 0.717) is 18.6 Å². The molecule has 0 aliphatic rings. The smallest absolute Gasteiger partial charge is 0.123 e. The van der Waals surface area contributed by atoms with E-state index in [1.165, 1.54) is 11.1 Å². The third-order valence-corrected chi connectivity index (χ3v) is 3.61. The summed E-state index contributed by atoms with van der Waals surface area (Å²) in [6.07, 6.45) is 0. The largest absolute Gasteiger partial charge is 0.494 e. The molecule has 0 aliphatic carbocycles. The zero-order valence-electron chi connectivity index (χ0n) is 13.2. The number of rotatable bonds is 7. The van der Waals surface area contributed by atoms with Gasteiger partial charge in [0.2, 0.25) is 0 Å². The van der Waals surface area contributed by atoms with Crippen LogP contribution in [0.3, 0.4) is 0 Å². The van der Waals surface area contributed by atoms with Crippen LogP contribution in [0.2, 0.25) is 0 Å². The summed E-state index contributed by atoms with van der Waals surface area (Å²) in [7, 11) is 0. The van der Waals surface area contributed by atoms with Gasteiger partial charge < -0.3 is 10.1 Å². The minimum atomic E-state index is 0.348. The van der Waals surface area contributed by atoms with Gasteiger partial charge in [0.1, 0.15) is 5.75 Å². The van der Waals surface area contributed by atoms with Gasteiger partial charge in [-0.15, -0.1) is 0 Å². The van der Waals surface area contributed by atoms with Crippen molar-refractivity contribution in [2.75, 3.05) is 6.61 Å². The lowest BCUT2D eigenvalue weighted by molar-refractivity contribution is 0.332. The molecule has 0 aromatic heterocycles. The van der Waals surface area contributed by atoms with E-state index >= 15 is 0 Å². The Morgan fingerprint density at radius 3 is 2.29 bits per heavy atom. The lowest BCUT2D eigenvalue weighted by Gasteiger charge is -2.23. The van der Waals surface area contributed by atoms with E-state index in [1.54, 1.807) is 0 Å². The average Bonchev–Trinajstić information content (AvgIpc) is 2.50. The first kappa shape index (κ1) is 15.6. The van der Waals surface area contributed by atoms with Gasteiger partial charge in [0.15, 0.2) is 0 Å². The van der Waals surface area contributed by atoms with Crippen LogP contribution in [-0.2, 0) is 6.54 Å². The Kier molecular flexibility index (Phi) is 5.82. The Morgan fingerprint density at radius 1 is 0.952 bits per heavy atom. The number of hydrogen-bond donors (Lipinski definition) is 1. The Hall–Kier alpha value is -1.80. The molecule has 0 spiro atoms. The average molecular weight is 283 g/mol. The Labute approximate surface area is 128 Å². The van der Waals surface area contributed by atoms with E-state index in [9.17, 15) is 0 Å². The zero-order valence-corrected chi connectivity index (χ0v) is 13.2. The van der Waals surface area contributed by atoms with Gasteiger partial charge in [-0.25, -0.2) is 0 Å². The molecule has 0 saturated carbocycles. The molecule has 0 aliphatic heterocycles. The van der Waals surface area contributed by atoms with Gasteiger partial charge in [0.05, 0.1) is 6.61 Å². The molecular weight excluding hydrogens is 258 g/mol. The van der Waals surface area contributed by atoms with Crippen molar-refractivity contribution in [1.29, 1.82) is 0 Å². The van der Waals surface area contributed by atoms with Crippen molar-refractivity contribution in [3.63, 3.8) is 0 Å². The highest BCUT2D eigenvalue weighted by Gasteiger charge is 2.15. The molecule has 0 heterocycles. The molecule has 0 amide bonds. The molecule has 0 radical (unpaired) electrons. The summed E-state index contributed by atoms with van der Waals surface area (Å²) >= 11 is 0. The topological polar surface area (TPSA) is 21.3 Å². The van der Waals surface area contributed by atoms with Crippen LogP contribution >= 0.6 is 0 Å². The second-order valence-electron chi connectivity index (χ2n) is 5.55. The minimum absolute atomic E-state index is 0.348. The summed E-state index contributed by atoms with van der Waals surface area (Å²) in [6, 6.07) is 19.2. The molecule has 1 atom stereocenters. The molecule has 0 saturated heterocycles. The van der Waals surface area contributed by atoms with E-state index in [0.717, 1.165) is 12.3 Å². The molecule has 1 N–H and O–H groups in total. The molecule has 2 aromatic carbocycles. The molecule has 112 valence electrons. The number of nitrogens with one attached hydrogen (secondary N) is 1. The lowest BCUT2D eigenvalue weighted by Crippen LogP contribution is -2.25. The maximum atomic E-state index is 5.70. The molecule has 0 bridgehead atoms. The lowest BCUT2D eigenvalue weighted by atomic mass is 9.96. The van der Waals surface area contributed by atoms with Gasteiger partial charge in [0, 0.05) is 18.2 Å². The van der Waals surface area contributed by atoms with Crippen LogP contribution in [0.15, 0.2) is 54.6 Å². The van der Waals surface area contributed by atoms with Crippen molar-refractivity contribution in [3.05, 3.63) is 65.7 Å². The summed E-state index contributed by atoms with van der Waals surface area (Å²) in [4.78, 5) is 0. The predicted octanol–water partition coefficient (Wildman–Crippen LogP) is 4.57. The first-order valence-corrected chi connectivity index (χ1v) is 7.71. The summed E-state index contributed by atoms with van der Waals surface area (Å²) in [5.41, 5.74) is 2.54. The minimum Gasteiger partial charge on any atom is -0.494 e. The van der Waals surface area contributed by atoms with E-state index in [-0.39, 0.29) is 0 Å². The van der Waals surface area contributed by atoms with Gasteiger partial charge in [-0.05, 0) is 24.5 Å². The maximum absolute atomic E-state index is 5.70. The standard InChI is InChI=1S/C19H25NO/c1-4-21-18-13-9-8-12-17(18)14-20-19(15(2)3)16-10-6-5-7-11-16/h5-13,15,19-20H,4,14H2,1-3H3. The Morgan fingerprint density at radius 2 is 1.62 bits per heavy atom. The quantitative estimate of drug-likeness (QED) is 0.803. The normalized spacial score (nSPS) is 12.4. The van der Waals surface area contributed by atoms with Crippen molar-refractivity contribution in [3.8, 4) is 5.75 Å². The zero-order chi connectivity index (χ0) is 15.1. The first-order valence-electron chi connectivity index (χ1n) is 7.71. The third kappa shape index (κ3) is 4.33. The summed E-state index contributed by atoms with van der Waals surface area (Å²) < 4.78 is 5.70. The summed E-state index contributed by atoms with van der Waals surface area (Å²) in [5.74, 6) is 1.51. The molecule has 2 aromatic rings. The van der Waals surface area contributed by atoms with Crippen molar-refractivity contribution < 1.29 is 4.74 Å². The van der Waals surface area contributed by atoms with Crippen molar-refractivity contribution in [2.45, 2.75) is 33.4 Å². The fourth-order valence-electron chi connectivity index (χ4n) is 2.56. The predicted molar refractivity (Wildman–Crippen MR) is 88.5 cm³/mol. The van der Waals surface area contributed by atoms with Crippen molar-refractivity contribution >= 4 is 0 Å². The number of ether oxygens (including phenoxy) is 1. The number of para-hydroxylation sites is 1. The van der Waals surface area contributed by atoms with Gasteiger partial charge >= 0.3 is 0 Å². The molecular formula is C19H25NO. The Balaban J connectivity index is 2.09. The van der Waals surface area contributed by atoms with E-state index in [1.807, 2.05) is 19.1 Å². The molecule has 2 heteroatoms. The van der Waals surface area contributed by atoms with Gasteiger partial charge in [-0.2, -0.15) is 0 Å². The van der Waals surface area contributed by atoms with Crippen molar-refractivity contribution in [2.24, 2.45) is 5.92 Å². The van der Waals surface area contributed by atoms with Crippen LogP contribution in [0.1, 0.15) is 37.9 Å². The second-order valence-corrected chi connectivity index (χ2v) is 5.55. The molecule has 1 unspecified atom stereocenters. The van der Waals surface area contributed by atoms with Crippen LogP contribution in [0.25, 0.3) is 0 Å². The number of benzene rings is 2. The van der Waals surface area contributed by atoms with E-state index in [4.69, 9.17) is 4.74 Å². The van der Waals surface area contributed by atoms with Crippen LogP contribution in [0.5, 0.6) is 5.75 Å². The van der Waals surface area contributed by atoms with E-state index < -0.39 is 0 Å². The van der Waals surface area contributed by atoms with Gasteiger partial charge in [-0.1, -0.05) is 62.4 Å². The second kappa shape index (κ2) is 7.84. The monoisotopic (exact) mass is 283 g/mol. The highest BCUT2D eigenvalue weighted by molar-refractivity contribution is 5.33. The molecule has 21 heavy (non-hydrogen) atoms. The van der Waals surface area contributed by atoms with Crippen LogP contribution < -0.4 is 10.1 Å². The first-order chi connectivity index (χ1) is 10.2. The molecule has 2 nitrogen and oxygen atoms in total. The Bertz CT molecular complexity index is 536. The van der Waals surface area contributed by atoms with Gasteiger partial charge in [-0.3, -0.25) is 0 Å².